The van der Waals surface area contributed by atoms with Crippen molar-refractivity contribution >= 4 is 23.2 Å². The number of benzene rings is 3. The Balaban J connectivity index is 1.57. The van der Waals surface area contributed by atoms with Crippen molar-refractivity contribution in [2.75, 3.05) is 10.6 Å². The van der Waals surface area contributed by atoms with Gasteiger partial charge in [0.25, 0.3) is 11.8 Å². The highest BCUT2D eigenvalue weighted by Gasteiger charge is 2.33. The highest BCUT2D eigenvalue weighted by Crippen LogP contribution is 2.29. The van der Waals surface area contributed by atoms with Crippen LogP contribution in [0.15, 0.2) is 91.1 Å². The number of alkyl halides is 3. The van der Waals surface area contributed by atoms with Crippen LogP contribution in [0.4, 0.5) is 24.5 Å². The lowest BCUT2D eigenvalue weighted by atomic mass is 10.1. The van der Waals surface area contributed by atoms with Crippen molar-refractivity contribution in [1.82, 2.24) is 4.98 Å². The van der Waals surface area contributed by atoms with Crippen LogP contribution in [0, 0.1) is 6.92 Å². The van der Waals surface area contributed by atoms with E-state index in [-0.39, 0.29) is 5.56 Å². The molecule has 0 aliphatic rings. The third kappa shape index (κ3) is 6.06. The smallest absolute Gasteiger partial charge is 0.405 e. The zero-order chi connectivity index (χ0) is 25.7. The van der Waals surface area contributed by atoms with Crippen molar-refractivity contribution < 1.29 is 27.5 Å². The molecular formula is C27H20F3N3O3. The summed E-state index contributed by atoms with van der Waals surface area (Å²) >= 11 is 0. The summed E-state index contributed by atoms with van der Waals surface area (Å²) in [6, 6.07) is 23.0. The number of amides is 2. The molecule has 0 fully saturated rings. The highest BCUT2D eigenvalue weighted by atomic mass is 19.4. The molecule has 0 aliphatic carbocycles. The number of carbonyl (C=O) groups is 2. The van der Waals surface area contributed by atoms with Crippen LogP contribution >= 0.6 is 0 Å². The van der Waals surface area contributed by atoms with Gasteiger partial charge in [-0.15, -0.1) is 13.2 Å². The minimum absolute atomic E-state index is 0.0234. The molecule has 0 unspecified atom stereocenters. The fraction of sp³-hybridized carbons (Fsp3) is 0.0741. The Kier molecular flexibility index (Phi) is 7.00. The summed E-state index contributed by atoms with van der Waals surface area (Å²) < 4.78 is 42.8. The van der Waals surface area contributed by atoms with E-state index in [4.69, 9.17) is 0 Å². The second-order valence-electron chi connectivity index (χ2n) is 7.75. The molecule has 4 rings (SSSR count). The fourth-order valence-electron chi connectivity index (χ4n) is 3.45. The molecular weight excluding hydrogens is 471 g/mol. The van der Waals surface area contributed by atoms with E-state index in [2.05, 4.69) is 20.4 Å². The largest absolute Gasteiger partial charge is 0.573 e. The Morgan fingerprint density at radius 3 is 2.17 bits per heavy atom. The first-order valence-electron chi connectivity index (χ1n) is 10.8. The molecule has 0 spiro atoms. The van der Waals surface area contributed by atoms with Crippen LogP contribution in [0.3, 0.4) is 0 Å². The number of ether oxygens (including phenoxy) is 1. The summed E-state index contributed by atoms with van der Waals surface area (Å²) in [5.74, 6) is -2.22. The van der Waals surface area contributed by atoms with E-state index < -0.39 is 29.5 Å². The second-order valence-corrected chi connectivity index (χ2v) is 7.75. The van der Waals surface area contributed by atoms with Gasteiger partial charge >= 0.3 is 6.36 Å². The van der Waals surface area contributed by atoms with Crippen molar-refractivity contribution in [3.63, 3.8) is 0 Å². The van der Waals surface area contributed by atoms with Gasteiger partial charge in [0.2, 0.25) is 0 Å². The predicted molar refractivity (Wildman–Crippen MR) is 130 cm³/mol. The van der Waals surface area contributed by atoms with Gasteiger partial charge in [-0.1, -0.05) is 42.5 Å². The lowest BCUT2D eigenvalue weighted by molar-refractivity contribution is -0.274. The molecule has 1 aromatic heterocycles. The Morgan fingerprint density at radius 2 is 1.50 bits per heavy atom. The van der Waals surface area contributed by atoms with Gasteiger partial charge < -0.3 is 15.4 Å². The topological polar surface area (TPSA) is 80.3 Å². The quantitative estimate of drug-likeness (QED) is 0.324. The minimum atomic E-state index is -5.02. The number of nitrogens with one attached hydrogen (secondary N) is 2. The van der Waals surface area contributed by atoms with Crippen molar-refractivity contribution in [3.05, 3.63) is 108 Å². The standard InChI is InChI=1S/C27H20F3N3O3/c1-17-23(8-5-15-31-17)33-26(35)22-16-20(11-14-24(22)36-27(28,29)30)25(34)32-21-12-9-19(10-13-21)18-6-3-2-4-7-18/h2-16H,1H3,(H,32,34)(H,33,35). The second kappa shape index (κ2) is 10.3. The maximum atomic E-state index is 12.9. The molecule has 1 heterocycles. The molecule has 182 valence electrons. The van der Waals surface area contributed by atoms with Gasteiger partial charge in [-0.2, -0.15) is 0 Å². The van der Waals surface area contributed by atoms with Gasteiger partial charge in [0.1, 0.15) is 5.75 Å². The molecule has 6 nitrogen and oxygen atoms in total. The van der Waals surface area contributed by atoms with Gasteiger partial charge in [-0.05, 0) is 60.5 Å². The SMILES string of the molecule is Cc1ncccc1NC(=O)c1cc(C(=O)Nc2ccc(-c3ccccc3)cc2)ccc1OC(F)(F)F. The molecule has 0 radical (unpaired) electrons. The summed E-state index contributed by atoms with van der Waals surface area (Å²) in [4.78, 5) is 29.7. The zero-order valence-corrected chi connectivity index (χ0v) is 19.0. The predicted octanol–water partition coefficient (Wildman–Crippen LogP) is 6.46. The molecule has 0 saturated carbocycles. The third-order valence-corrected chi connectivity index (χ3v) is 5.22. The van der Waals surface area contributed by atoms with Crippen molar-refractivity contribution in [2.24, 2.45) is 0 Å². The number of aryl methyl sites for hydroxylation is 1. The summed E-state index contributed by atoms with van der Waals surface area (Å²) in [7, 11) is 0. The number of nitrogens with zero attached hydrogens (tertiary/aromatic N) is 1. The first kappa shape index (κ1) is 24.5. The Hall–Kier alpha value is -4.66. The van der Waals surface area contributed by atoms with E-state index in [0.717, 1.165) is 29.3 Å². The van der Waals surface area contributed by atoms with Crippen LogP contribution < -0.4 is 15.4 Å². The number of carbonyl (C=O) groups excluding carboxylic acids is 2. The van der Waals surface area contributed by atoms with Gasteiger partial charge in [0.05, 0.1) is 16.9 Å². The number of rotatable bonds is 6. The van der Waals surface area contributed by atoms with E-state index in [1.54, 1.807) is 31.2 Å². The summed E-state index contributed by atoms with van der Waals surface area (Å²) in [5.41, 5.74) is 2.74. The average molecular weight is 491 g/mol. The molecule has 0 atom stereocenters. The zero-order valence-electron chi connectivity index (χ0n) is 19.0. The van der Waals surface area contributed by atoms with Crippen LogP contribution in [0.5, 0.6) is 5.75 Å². The van der Waals surface area contributed by atoms with Crippen molar-refractivity contribution in [1.29, 1.82) is 0 Å². The molecule has 0 saturated heterocycles. The minimum Gasteiger partial charge on any atom is -0.405 e. The van der Waals surface area contributed by atoms with E-state index in [0.29, 0.717) is 17.1 Å². The van der Waals surface area contributed by atoms with E-state index >= 15 is 0 Å². The number of hydrogen-bond donors (Lipinski definition) is 2. The van der Waals surface area contributed by atoms with Crippen LogP contribution in [-0.2, 0) is 0 Å². The highest BCUT2D eigenvalue weighted by molar-refractivity contribution is 6.10. The average Bonchev–Trinajstić information content (AvgIpc) is 2.85. The van der Waals surface area contributed by atoms with Gasteiger partial charge in [0.15, 0.2) is 0 Å². The number of aromatic nitrogens is 1. The van der Waals surface area contributed by atoms with E-state index in [1.807, 2.05) is 42.5 Å². The summed E-state index contributed by atoms with van der Waals surface area (Å²) in [5, 5.41) is 5.20. The van der Waals surface area contributed by atoms with Crippen LogP contribution in [0.1, 0.15) is 26.4 Å². The van der Waals surface area contributed by atoms with Gasteiger partial charge in [-0.25, -0.2) is 0 Å². The Labute approximate surface area is 204 Å². The molecule has 0 bridgehead atoms. The lowest BCUT2D eigenvalue weighted by Crippen LogP contribution is -2.22. The van der Waals surface area contributed by atoms with Gasteiger partial charge in [0, 0.05) is 17.4 Å². The number of pyridine rings is 1. The number of hydrogen-bond acceptors (Lipinski definition) is 4. The lowest BCUT2D eigenvalue weighted by Gasteiger charge is -2.15. The molecule has 4 aromatic rings. The van der Waals surface area contributed by atoms with E-state index in [9.17, 15) is 22.8 Å². The van der Waals surface area contributed by atoms with E-state index in [1.165, 1.54) is 6.20 Å². The Bertz CT molecular complexity index is 1390. The maximum Gasteiger partial charge on any atom is 0.573 e. The maximum absolute atomic E-state index is 12.9. The third-order valence-electron chi connectivity index (χ3n) is 5.22. The summed E-state index contributed by atoms with van der Waals surface area (Å²) in [6.45, 7) is 1.63. The first-order chi connectivity index (χ1) is 17.2. The normalized spacial score (nSPS) is 11.0. The summed E-state index contributed by atoms with van der Waals surface area (Å²) in [6.07, 6.45) is -3.51. The molecule has 0 aliphatic heterocycles. The molecule has 36 heavy (non-hydrogen) atoms. The Morgan fingerprint density at radius 1 is 0.806 bits per heavy atom. The van der Waals surface area contributed by atoms with Crippen LogP contribution in [0.25, 0.3) is 11.1 Å². The monoisotopic (exact) mass is 491 g/mol. The van der Waals surface area contributed by atoms with Crippen LogP contribution in [-0.4, -0.2) is 23.2 Å². The first-order valence-corrected chi connectivity index (χ1v) is 10.8. The molecule has 3 aromatic carbocycles. The van der Waals surface area contributed by atoms with Gasteiger partial charge in [-0.3, -0.25) is 14.6 Å². The molecule has 9 heteroatoms. The van der Waals surface area contributed by atoms with Crippen LogP contribution in [0.2, 0.25) is 0 Å². The molecule has 2 amide bonds. The van der Waals surface area contributed by atoms with Crippen molar-refractivity contribution in [3.8, 4) is 16.9 Å². The molecule has 2 N–H and O–H groups in total. The number of halogens is 3. The van der Waals surface area contributed by atoms with Crippen molar-refractivity contribution in [2.45, 2.75) is 13.3 Å². The fourth-order valence-corrected chi connectivity index (χ4v) is 3.45. The number of anilines is 2.